The van der Waals surface area contributed by atoms with Crippen LogP contribution >= 0.6 is 0 Å². The van der Waals surface area contributed by atoms with Crippen molar-refractivity contribution in [3.63, 3.8) is 0 Å². The predicted octanol–water partition coefficient (Wildman–Crippen LogP) is 3.05. The first-order valence-corrected chi connectivity index (χ1v) is 5.77. The van der Waals surface area contributed by atoms with Crippen LogP contribution in [0.3, 0.4) is 0 Å². The van der Waals surface area contributed by atoms with Gasteiger partial charge in [0.05, 0.1) is 0 Å². The van der Waals surface area contributed by atoms with Gasteiger partial charge < -0.3 is 8.98 Å². The van der Waals surface area contributed by atoms with E-state index in [9.17, 15) is 0 Å². The lowest BCUT2D eigenvalue weighted by molar-refractivity contribution is 0.578. The minimum Gasteiger partial charge on any atom is -0.415 e. The Morgan fingerprint density at radius 2 is 1.67 bits per heavy atom. The largest absolute Gasteiger partial charge is 0.415 e. The molecule has 2 heterocycles. The van der Waals surface area contributed by atoms with Gasteiger partial charge in [-0.25, -0.2) is 0 Å². The van der Waals surface area contributed by atoms with Crippen LogP contribution in [0.4, 0.5) is 0 Å². The van der Waals surface area contributed by atoms with E-state index in [0.717, 1.165) is 17.0 Å². The fraction of sp³-hybridized carbons (Fsp3) is 0.143. The van der Waals surface area contributed by atoms with Crippen LogP contribution in [0.25, 0.3) is 23.0 Å². The molecule has 0 N–H and O–H groups in total. The van der Waals surface area contributed by atoms with Gasteiger partial charge in [-0.3, -0.25) is 0 Å². The maximum atomic E-state index is 5.71. The average Bonchev–Trinajstić information content (AvgIpc) is 3.00. The Labute approximate surface area is 105 Å². The quantitative estimate of drug-likeness (QED) is 0.690. The van der Waals surface area contributed by atoms with Crippen molar-refractivity contribution in [2.24, 2.45) is 7.05 Å². The van der Waals surface area contributed by atoms with E-state index in [4.69, 9.17) is 4.42 Å². The normalized spacial score (nSPS) is 10.8. The third-order valence-electron chi connectivity index (χ3n) is 3.04. The lowest BCUT2D eigenvalue weighted by Crippen LogP contribution is -1.93. The highest BCUT2D eigenvalue weighted by Crippen LogP contribution is 2.24. The molecule has 0 bridgehead atoms. The zero-order valence-electron chi connectivity index (χ0n) is 10.3. The van der Waals surface area contributed by atoms with Crippen LogP contribution in [0.1, 0.15) is 5.69 Å². The summed E-state index contributed by atoms with van der Waals surface area (Å²) >= 11 is 0. The van der Waals surface area contributed by atoms with Gasteiger partial charge >= 0.3 is 0 Å². The molecule has 0 aliphatic rings. The van der Waals surface area contributed by atoms with Gasteiger partial charge in [-0.2, -0.15) is 0 Å². The van der Waals surface area contributed by atoms with Gasteiger partial charge in [-0.15, -0.1) is 10.2 Å². The molecule has 0 aliphatic carbocycles. The van der Waals surface area contributed by atoms with Crippen molar-refractivity contribution in [2.75, 3.05) is 0 Å². The van der Waals surface area contributed by atoms with Crippen molar-refractivity contribution >= 4 is 0 Å². The Morgan fingerprint density at radius 1 is 0.944 bits per heavy atom. The van der Waals surface area contributed by atoms with Crippen LogP contribution in [-0.4, -0.2) is 14.8 Å². The first-order chi connectivity index (χ1) is 8.75. The topological polar surface area (TPSA) is 43.9 Å². The second kappa shape index (κ2) is 4.14. The molecule has 0 amide bonds. The summed E-state index contributed by atoms with van der Waals surface area (Å²) in [5.74, 6) is 1.09. The summed E-state index contributed by atoms with van der Waals surface area (Å²) in [5.41, 5.74) is 3.02. The summed E-state index contributed by atoms with van der Waals surface area (Å²) in [6.45, 7) is 2.04. The second-order valence-electron chi connectivity index (χ2n) is 4.20. The summed E-state index contributed by atoms with van der Waals surface area (Å²) in [5, 5.41) is 8.18. The van der Waals surface area contributed by atoms with E-state index in [1.807, 2.05) is 61.0 Å². The molecule has 18 heavy (non-hydrogen) atoms. The lowest BCUT2D eigenvalue weighted by Gasteiger charge is -1.99. The summed E-state index contributed by atoms with van der Waals surface area (Å²) in [4.78, 5) is 0. The van der Waals surface area contributed by atoms with Crippen molar-refractivity contribution in [3.05, 3.63) is 48.2 Å². The predicted molar refractivity (Wildman–Crippen MR) is 68.9 cm³/mol. The van der Waals surface area contributed by atoms with E-state index in [-0.39, 0.29) is 0 Å². The van der Waals surface area contributed by atoms with Crippen molar-refractivity contribution in [1.82, 2.24) is 14.8 Å². The number of rotatable bonds is 2. The van der Waals surface area contributed by atoms with Crippen LogP contribution in [0.5, 0.6) is 0 Å². The molecule has 0 unspecified atom stereocenters. The molecule has 4 nitrogen and oxygen atoms in total. The van der Waals surface area contributed by atoms with E-state index in [2.05, 4.69) is 10.2 Å². The minimum absolute atomic E-state index is 0.546. The zero-order chi connectivity index (χ0) is 12.5. The third kappa shape index (κ3) is 1.72. The van der Waals surface area contributed by atoms with Crippen molar-refractivity contribution in [3.8, 4) is 23.0 Å². The fourth-order valence-corrected chi connectivity index (χ4v) is 1.85. The molecule has 0 aliphatic heterocycles. The zero-order valence-corrected chi connectivity index (χ0v) is 10.3. The van der Waals surface area contributed by atoms with Gasteiger partial charge in [-0.05, 0) is 31.2 Å². The molecule has 3 aromatic rings. The van der Waals surface area contributed by atoms with E-state index >= 15 is 0 Å². The molecule has 0 spiro atoms. The third-order valence-corrected chi connectivity index (χ3v) is 3.04. The first kappa shape index (κ1) is 10.8. The Balaban J connectivity index is 2.02. The van der Waals surface area contributed by atoms with Gasteiger partial charge in [-0.1, -0.05) is 18.2 Å². The first-order valence-electron chi connectivity index (χ1n) is 5.77. The summed E-state index contributed by atoms with van der Waals surface area (Å²) < 4.78 is 7.74. The monoisotopic (exact) mass is 239 g/mol. The van der Waals surface area contributed by atoms with Gasteiger partial charge in [0, 0.05) is 18.3 Å². The maximum Gasteiger partial charge on any atom is 0.264 e. The van der Waals surface area contributed by atoms with E-state index in [1.54, 1.807) is 0 Å². The number of aryl methyl sites for hydroxylation is 1. The molecule has 0 saturated heterocycles. The standard InChI is InChI=1S/C14H13N3O/c1-10-8-9-12(17(10)2)14-16-15-13(18-14)11-6-4-3-5-7-11/h3-9H,1-2H3. The van der Waals surface area contributed by atoms with Crippen LogP contribution < -0.4 is 0 Å². The molecular formula is C14H13N3O. The van der Waals surface area contributed by atoms with Crippen LogP contribution in [-0.2, 0) is 7.05 Å². The molecular weight excluding hydrogens is 226 g/mol. The number of hydrogen-bond acceptors (Lipinski definition) is 3. The summed E-state index contributed by atoms with van der Waals surface area (Å²) in [7, 11) is 1.98. The SMILES string of the molecule is Cc1ccc(-c2nnc(-c3ccccc3)o2)n1C. The molecule has 0 atom stereocenters. The van der Waals surface area contributed by atoms with Crippen LogP contribution in [0.15, 0.2) is 46.9 Å². The Hall–Kier alpha value is -2.36. The smallest absolute Gasteiger partial charge is 0.264 e. The molecule has 0 saturated carbocycles. The van der Waals surface area contributed by atoms with E-state index < -0.39 is 0 Å². The van der Waals surface area contributed by atoms with Crippen molar-refractivity contribution in [2.45, 2.75) is 6.92 Å². The van der Waals surface area contributed by atoms with Crippen molar-refractivity contribution in [1.29, 1.82) is 0 Å². The molecule has 2 aromatic heterocycles. The highest BCUT2D eigenvalue weighted by atomic mass is 16.4. The molecule has 0 radical (unpaired) electrons. The highest BCUT2D eigenvalue weighted by Gasteiger charge is 2.13. The number of aromatic nitrogens is 3. The molecule has 1 aromatic carbocycles. The van der Waals surface area contributed by atoms with E-state index in [1.165, 1.54) is 0 Å². The Kier molecular flexibility index (Phi) is 2.48. The van der Waals surface area contributed by atoms with Crippen LogP contribution in [0.2, 0.25) is 0 Å². The average molecular weight is 239 g/mol. The summed E-state index contributed by atoms with van der Waals surface area (Å²) in [6, 6.07) is 13.8. The Bertz CT molecular complexity index is 667. The lowest BCUT2D eigenvalue weighted by atomic mass is 10.2. The maximum absolute atomic E-state index is 5.71. The van der Waals surface area contributed by atoms with Gasteiger partial charge in [0.15, 0.2) is 0 Å². The molecule has 3 rings (SSSR count). The number of benzene rings is 1. The molecule has 4 heteroatoms. The van der Waals surface area contributed by atoms with E-state index in [0.29, 0.717) is 11.8 Å². The fourth-order valence-electron chi connectivity index (χ4n) is 1.85. The second-order valence-corrected chi connectivity index (χ2v) is 4.20. The minimum atomic E-state index is 0.546. The van der Waals surface area contributed by atoms with Gasteiger partial charge in [0.1, 0.15) is 5.69 Å². The number of nitrogens with zero attached hydrogens (tertiary/aromatic N) is 3. The summed E-state index contributed by atoms with van der Waals surface area (Å²) in [6.07, 6.45) is 0. The Morgan fingerprint density at radius 3 is 2.33 bits per heavy atom. The number of hydrogen-bond donors (Lipinski definition) is 0. The van der Waals surface area contributed by atoms with Crippen molar-refractivity contribution < 1.29 is 4.42 Å². The molecule has 90 valence electrons. The van der Waals surface area contributed by atoms with Crippen LogP contribution in [0, 0.1) is 6.92 Å². The molecule has 0 fully saturated rings. The highest BCUT2D eigenvalue weighted by molar-refractivity contribution is 5.56. The van der Waals surface area contributed by atoms with Gasteiger partial charge in [0.25, 0.3) is 5.89 Å². The van der Waals surface area contributed by atoms with Gasteiger partial charge in [0.2, 0.25) is 5.89 Å².